The lowest BCUT2D eigenvalue weighted by Crippen LogP contribution is -1.88. The van der Waals surface area contributed by atoms with Crippen molar-refractivity contribution in [1.82, 2.24) is 0 Å². The molecule has 1 atom stereocenters. The molecule has 0 bridgehead atoms. The fourth-order valence-corrected chi connectivity index (χ4v) is 0.574. The Morgan fingerprint density at radius 3 is 2.30 bits per heavy atom. The summed E-state index contributed by atoms with van der Waals surface area (Å²) >= 11 is 5.30. The van der Waals surface area contributed by atoms with Crippen LogP contribution < -0.4 is 0 Å². The normalized spacial score (nSPS) is 21.3. The maximum atomic E-state index is 8.08. The molecule has 1 aliphatic heterocycles. The molecule has 0 radical (unpaired) electrons. The summed E-state index contributed by atoms with van der Waals surface area (Å²) in [6.45, 7) is 3.08. The molecule has 0 aromatic carbocycles. The first-order valence-corrected chi connectivity index (χ1v) is 4.17. The van der Waals surface area contributed by atoms with Gasteiger partial charge in [-0.2, -0.15) is 0 Å². The Bertz CT molecular complexity index is 62.6. The molecular formula is C7H15ClO2. The molecule has 1 unspecified atom stereocenters. The molecule has 1 saturated heterocycles. The maximum Gasteiger partial charge on any atom is 0.104 e. The lowest BCUT2D eigenvalue weighted by Gasteiger charge is -1.77. The van der Waals surface area contributed by atoms with Crippen molar-refractivity contribution in [3.05, 3.63) is 0 Å². The molecule has 1 aliphatic rings. The van der Waals surface area contributed by atoms with Crippen molar-refractivity contribution in [2.75, 3.05) is 19.1 Å². The summed E-state index contributed by atoms with van der Waals surface area (Å²) in [7, 11) is 0. The first-order chi connectivity index (χ1) is 4.85. The highest BCUT2D eigenvalue weighted by Gasteiger charge is 2.19. The summed E-state index contributed by atoms with van der Waals surface area (Å²) in [4.78, 5) is 0. The third kappa shape index (κ3) is 8.21. The van der Waals surface area contributed by atoms with E-state index in [1.807, 2.05) is 0 Å². The quantitative estimate of drug-likeness (QED) is 0.508. The van der Waals surface area contributed by atoms with E-state index in [4.69, 9.17) is 16.7 Å². The molecule has 1 fully saturated rings. The Labute approximate surface area is 67.1 Å². The number of rotatable bonds is 3. The van der Waals surface area contributed by atoms with Gasteiger partial charge in [0.15, 0.2) is 0 Å². The Hall–Kier alpha value is 0.210. The van der Waals surface area contributed by atoms with E-state index in [1.165, 1.54) is 6.42 Å². The van der Waals surface area contributed by atoms with Gasteiger partial charge in [0.2, 0.25) is 0 Å². The first kappa shape index (κ1) is 10.2. The molecule has 0 spiro atoms. The average Bonchev–Trinajstić information content (AvgIpc) is 2.72. The number of ether oxygens (including phenoxy) is 1. The van der Waals surface area contributed by atoms with Crippen molar-refractivity contribution in [2.45, 2.75) is 25.9 Å². The van der Waals surface area contributed by atoms with E-state index >= 15 is 0 Å². The zero-order valence-electron chi connectivity index (χ0n) is 6.35. The molecule has 1 rings (SSSR count). The number of hydrogen-bond acceptors (Lipinski definition) is 2. The smallest absolute Gasteiger partial charge is 0.104 e. The Morgan fingerprint density at radius 2 is 2.30 bits per heavy atom. The van der Waals surface area contributed by atoms with Crippen LogP contribution in [-0.2, 0) is 4.74 Å². The van der Waals surface area contributed by atoms with Gasteiger partial charge < -0.3 is 9.84 Å². The highest BCUT2D eigenvalue weighted by atomic mass is 35.5. The standard InChI is InChI=1S/C4H9Cl.C3H6O2/c1-2-3-4-5;4-1-3-2-5-3/h2-4H2,1H3;3-4H,1-2H2. The van der Waals surface area contributed by atoms with Gasteiger partial charge in [0, 0.05) is 5.88 Å². The summed E-state index contributed by atoms with van der Waals surface area (Å²) in [5.41, 5.74) is 0. The van der Waals surface area contributed by atoms with Crippen LogP contribution in [-0.4, -0.2) is 30.3 Å². The summed E-state index contributed by atoms with van der Waals surface area (Å²) in [5, 5.41) is 8.08. The minimum atomic E-state index is 0.190. The van der Waals surface area contributed by atoms with Crippen LogP contribution in [0.4, 0.5) is 0 Å². The van der Waals surface area contributed by atoms with E-state index < -0.39 is 0 Å². The predicted molar refractivity (Wildman–Crippen MR) is 42.5 cm³/mol. The van der Waals surface area contributed by atoms with Crippen molar-refractivity contribution in [1.29, 1.82) is 0 Å². The summed E-state index contributed by atoms with van der Waals surface area (Å²) in [6.07, 6.45) is 2.56. The highest BCUT2D eigenvalue weighted by Crippen LogP contribution is 2.04. The van der Waals surface area contributed by atoms with Gasteiger partial charge in [-0.3, -0.25) is 0 Å². The van der Waals surface area contributed by atoms with Gasteiger partial charge in [-0.15, -0.1) is 11.6 Å². The monoisotopic (exact) mass is 166 g/mol. The predicted octanol–water partition coefficient (Wildman–Crippen LogP) is 1.40. The van der Waals surface area contributed by atoms with E-state index in [9.17, 15) is 0 Å². The number of epoxide rings is 1. The van der Waals surface area contributed by atoms with Crippen molar-refractivity contribution in [2.24, 2.45) is 0 Å². The Kier molecular flexibility index (Phi) is 7.47. The van der Waals surface area contributed by atoms with E-state index in [0.29, 0.717) is 0 Å². The second-order valence-electron chi connectivity index (χ2n) is 2.18. The molecule has 2 nitrogen and oxygen atoms in total. The van der Waals surface area contributed by atoms with Crippen LogP contribution in [0.25, 0.3) is 0 Å². The van der Waals surface area contributed by atoms with Crippen molar-refractivity contribution in [3.63, 3.8) is 0 Å². The van der Waals surface area contributed by atoms with Crippen molar-refractivity contribution in [3.8, 4) is 0 Å². The molecule has 0 aliphatic carbocycles. The van der Waals surface area contributed by atoms with E-state index in [-0.39, 0.29) is 12.7 Å². The highest BCUT2D eigenvalue weighted by molar-refractivity contribution is 6.17. The summed E-state index contributed by atoms with van der Waals surface area (Å²) in [6, 6.07) is 0. The minimum absolute atomic E-state index is 0.190. The molecule has 0 aromatic rings. The third-order valence-electron chi connectivity index (χ3n) is 1.09. The zero-order valence-corrected chi connectivity index (χ0v) is 7.10. The summed E-state index contributed by atoms with van der Waals surface area (Å²) in [5.74, 6) is 0.816. The van der Waals surface area contributed by atoms with Gasteiger partial charge in [-0.25, -0.2) is 0 Å². The van der Waals surface area contributed by atoms with Crippen molar-refractivity contribution >= 4 is 11.6 Å². The number of aliphatic hydroxyl groups is 1. The molecule has 0 aromatic heterocycles. The van der Waals surface area contributed by atoms with Gasteiger partial charge in [0.1, 0.15) is 6.10 Å². The van der Waals surface area contributed by atoms with E-state index in [2.05, 4.69) is 11.7 Å². The lowest BCUT2D eigenvalue weighted by atomic mass is 10.4. The van der Waals surface area contributed by atoms with Gasteiger partial charge in [-0.05, 0) is 6.42 Å². The van der Waals surface area contributed by atoms with Crippen molar-refractivity contribution < 1.29 is 9.84 Å². The van der Waals surface area contributed by atoms with Gasteiger partial charge >= 0.3 is 0 Å². The van der Waals surface area contributed by atoms with Crippen LogP contribution in [0.1, 0.15) is 19.8 Å². The van der Waals surface area contributed by atoms with Gasteiger partial charge in [-0.1, -0.05) is 13.3 Å². The van der Waals surface area contributed by atoms with Crippen LogP contribution in [0, 0.1) is 0 Å². The molecule has 3 heteroatoms. The topological polar surface area (TPSA) is 32.8 Å². The number of hydrogen-bond donors (Lipinski definition) is 1. The largest absolute Gasteiger partial charge is 0.394 e. The number of unbranched alkanes of at least 4 members (excludes halogenated alkanes) is 1. The molecular weight excluding hydrogens is 152 g/mol. The van der Waals surface area contributed by atoms with E-state index in [1.54, 1.807) is 0 Å². The minimum Gasteiger partial charge on any atom is -0.394 e. The zero-order chi connectivity index (χ0) is 7.82. The van der Waals surface area contributed by atoms with E-state index in [0.717, 1.165) is 18.9 Å². The molecule has 0 amide bonds. The molecule has 1 N–H and O–H groups in total. The maximum absolute atomic E-state index is 8.08. The van der Waals surface area contributed by atoms with Gasteiger partial charge in [0.25, 0.3) is 0 Å². The second-order valence-corrected chi connectivity index (χ2v) is 2.56. The fraction of sp³-hybridized carbons (Fsp3) is 1.00. The molecule has 0 saturated carbocycles. The Morgan fingerprint density at radius 1 is 1.70 bits per heavy atom. The van der Waals surface area contributed by atoms with Crippen LogP contribution in [0.15, 0.2) is 0 Å². The fourth-order valence-electron chi connectivity index (χ4n) is 0.307. The lowest BCUT2D eigenvalue weighted by molar-refractivity contribution is 0.244. The number of halogens is 1. The Balaban J connectivity index is 0.000000162. The number of alkyl halides is 1. The summed E-state index contributed by atoms with van der Waals surface area (Å²) < 4.78 is 4.61. The molecule has 1 heterocycles. The van der Waals surface area contributed by atoms with Crippen LogP contribution >= 0.6 is 11.6 Å². The molecule has 62 valence electrons. The molecule has 10 heavy (non-hydrogen) atoms. The first-order valence-electron chi connectivity index (χ1n) is 3.63. The van der Waals surface area contributed by atoms with Gasteiger partial charge in [0.05, 0.1) is 13.2 Å². The average molecular weight is 167 g/mol. The third-order valence-corrected chi connectivity index (χ3v) is 1.36. The number of aliphatic hydroxyl groups excluding tert-OH is 1. The van der Waals surface area contributed by atoms with Crippen LogP contribution in [0.5, 0.6) is 0 Å². The second kappa shape index (κ2) is 7.32. The SMILES string of the molecule is CCCCCl.OCC1CO1. The van der Waals surface area contributed by atoms with Crippen LogP contribution in [0.2, 0.25) is 0 Å². The van der Waals surface area contributed by atoms with Crippen LogP contribution in [0.3, 0.4) is 0 Å².